The van der Waals surface area contributed by atoms with Crippen molar-refractivity contribution < 1.29 is 4.74 Å². The highest BCUT2D eigenvalue weighted by molar-refractivity contribution is 8.00. The number of thioether (sulfide) groups is 1. The van der Waals surface area contributed by atoms with E-state index in [0.717, 1.165) is 12.4 Å². The van der Waals surface area contributed by atoms with E-state index < -0.39 is 0 Å². The summed E-state index contributed by atoms with van der Waals surface area (Å²) in [6.07, 6.45) is 5.49. The Morgan fingerprint density at radius 1 is 1.32 bits per heavy atom. The topological polar surface area (TPSA) is 21.3 Å². The molecule has 0 spiro atoms. The van der Waals surface area contributed by atoms with Gasteiger partial charge < -0.3 is 10.1 Å². The van der Waals surface area contributed by atoms with Gasteiger partial charge in [0.2, 0.25) is 0 Å². The molecule has 2 nitrogen and oxygen atoms in total. The number of nitrogens with one attached hydrogen (secondary N) is 1. The molecule has 0 amide bonds. The van der Waals surface area contributed by atoms with Crippen LogP contribution in [0.3, 0.4) is 0 Å². The summed E-state index contributed by atoms with van der Waals surface area (Å²) < 4.78 is 5.74. The molecule has 104 valence electrons. The summed E-state index contributed by atoms with van der Waals surface area (Å²) in [7, 11) is 2.09. The molecular weight excluding hydrogens is 254 g/mol. The van der Waals surface area contributed by atoms with Gasteiger partial charge in [-0.05, 0) is 43.9 Å². The fourth-order valence-electron chi connectivity index (χ4n) is 3.26. The SMILES string of the molecule is CNC1c2ccccc2CCC1SCC1CCCO1. The molecule has 1 aromatic carbocycles. The van der Waals surface area contributed by atoms with E-state index in [-0.39, 0.29) is 0 Å². The summed E-state index contributed by atoms with van der Waals surface area (Å²) in [5.41, 5.74) is 3.02. The van der Waals surface area contributed by atoms with Gasteiger partial charge in [0.05, 0.1) is 6.10 Å². The second-order valence-electron chi connectivity index (χ2n) is 5.51. The molecular formula is C16H23NOS. The lowest BCUT2D eigenvalue weighted by atomic mass is 9.87. The molecule has 1 saturated heterocycles. The van der Waals surface area contributed by atoms with Crippen LogP contribution in [0, 0.1) is 0 Å². The van der Waals surface area contributed by atoms with Gasteiger partial charge >= 0.3 is 0 Å². The van der Waals surface area contributed by atoms with Crippen molar-refractivity contribution in [3.63, 3.8) is 0 Å². The van der Waals surface area contributed by atoms with Crippen molar-refractivity contribution in [1.29, 1.82) is 0 Å². The first-order valence-electron chi connectivity index (χ1n) is 7.37. The first-order valence-corrected chi connectivity index (χ1v) is 8.41. The highest BCUT2D eigenvalue weighted by atomic mass is 32.2. The van der Waals surface area contributed by atoms with Gasteiger partial charge in [-0.15, -0.1) is 0 Å². The molecule has 19 heavy (non-hydrogen) atoms. The van der Waals surface area contributed by atoms with Gasteiger partial charge in [0.15, 0.2) is 0 Å². The van der Waals surface area contributed by atoms with Crippen LogP contribution in [0.25, 0.3) is 0 Å². The van der Waals surface area contributed by atoms with Crippen LogP contribution in [0.1, 0.15) is 36.4 Å². The Labute approximate surface area is 120 Å². The molecule has 1 aliphatic carbocycles. The Hall–Kier alpha value is -0.510. The van der Waals surface area contributed by atoms with Crippen LogP contribution in [0.15, 0.2) is 24.3 Å². The number of fused-ring (bicyclic) bond motifs is 1. The molecule has 1 fully saturated rings. The molecule has 0 saturated carbocycles. The van der Waals surface area contributed by atoms with E-state index in [1.54, 1.807) is 0 Å². The molecule has 0 aromatic heterocycles. The minimum Gasteiger partial charge on any atom is -0.377 e. The summed E-state index contributed by atoms with van der Waals surface area (Å²) >= 11 is 2.10. The van der Waals surface area contributed by atoms with Gasteiger partial charge in [0.1, 0.15) is 0 Å². The van der Waals surface area contributed by atoms with E-state index in [1.165, 1.54) is 36.8 Å². The van der Waals surface area contributed by atoms with Crippen molar-refractivity contribution in [1.82, 2.24) is 5.32 Å². The van der Waals surface area contributed by atoms with E-state index in [0.29, 0.717) is 17.4 Å². The predicted molar refractivity (Wildman–Crippen MR) is 81.8 cm³/mol. The van der Waals surface area contributed by atoms with Crippen LogP contribution in [0.4, 0.5) is 0 Å². The Morgan fingerprint density at radius 2 is 2.21 bits per heavy atom. The first kappa shape index (κ1) is 13.5. The highest BCUT2D eigenvalue weighted by Crippen LogP contribution is 2.37. The second-order valence-corrected chi connectivity index (χ2v) is 6.78. The quantitative estimate of drug-likeness (QED) is 0.913. The summed E-state index contributed by atoms with van der Waals surface area (Å²) in [5.74, 6) is 1.16. The summed E-state index contributed by atoms with van der Waals surface area (Å²) in [6, 6.07) is 9.38. The number of rotatable bonds is 4. The smallest absolute Gasteiger partial charge is 0.0666 e. The molecule has 0 bridgehead atoms. The van der Waals surface area contributed by atoms with Gasteiger partial charge in [-0.25, -0.2) is 0 Å². The highest BCUT2D eigenvalue weighted by Gasteiger charge is 2.29. The van der Waals surface area contributed by atoms with Crippen molar-refractivity contribution in [2.45, 2.75) is 43.1 Å². The normalized spacial score (nSPS) is 30.3. The fraction of sp³-hybridized carbons (Fsp3) is 0.625. The van der Waals surface area contributed by atoms with Crippen LogP contribution in [-0.4, -0.2) is 30.8 Å². The predicted octanol–water partition coefficient (Wildman–Crippen LogP) is 3.17. The number of aryl methyl sites for hydroxylation is 1. The lowest BCUT2D eigenvalue weighted by molar-refractivity contribution is 0.128. The molecule has 1 N–H and O–H groups in total. The standard InChI is InChI=1S/C16H23NOS/c1-17-16-14-7-3-2-5-12(14)8-9-15(16)19-11-13-6-4-10-18-13/h2-3,5,7,13,15-17H,4,6,8-11H2,1H3. The zero-order valence-electron chi connectivity index (χ0n) is 11.6. The Morgan fingerprint density at radius 3 is 3.00 bits per heavy atom. The second kappa shape index (κ2) is 6.29. The number of benzene rings is 1. The van der Waals surface area contributed by atoms with Crippen molar-refractivity contribution in [3.8, 4) is 0 Å². The maximum atomic E-state index is 5.74. The Kier molecular flexibility index (Phi) is 4.46. The Bertz CT molecular complexity index is 417. The maximum absolute atomic E-state index is 5.74. The summed E-state index contributed by atoms with van der Waals surface area (Å²) in [4.78, 5) is 0. The van der Waals surface area contributed by atoms with E-state index in [4.69, 9.17) is 4.74 Å². The molecule has 2 aliphatic rings. The summed E-state index contributed by atoms with van der Waals surface area (Å²) in [5, 5.41) is 4.21. The molecule has 3 rings (SSSR count). The third kappa shape index (κ3) is 2.99. The maximum Gasteiger partial charge on any atom is 0.0666 e. The van der Waals surface area contributed by atoms with E-state index in [2.05, 4.69) is 48.4 Å². The molecule has 3 unspecified atom stereocenters. The largest absolute Gasteiger partial charge is 0.377 e. The minimum absolute atomic E-state index is 0.497. The van der Waals surface area contributed by atoms with Gasteiger partial charge in [-0.2, -0.15) is 11.8 Å². The molecule has 0 radical (unpaired) electrons. The summed E-state index contributed by atoms with van der Waals surface area (Å²) in [6.45, 7) is 0.966. The fourth-order valence-corrected chi connectivity index (χ4v) is 4.74. The zero-order chi connectivity index (χ0) is 13.1. The van der Waals surface area contributed by atoms with Gasteiger partial charge in [0, 0.05) is 23.7 Å². The molecule has 1 aliphatic heterocycles. The first-order chi connectivity index (χ1) is 9.38. The number of hydrogen-bond acceptors (Lipinski definition) is 3. The zero-order valence-corrected chi connectivity index (χ0v) is 12.4. The van der Waals surface area contributed by atoms with Crippen LogP contribution in [0.5, 0.6) is 0 Å². The average Bonchev–Trinajstić information content (AvgIpc) is 2.97. The lowest BCUT2D eigenvalue weighted by Gasteiger charge is -2.33. The van der Waals surface area contributed by atoms with Gasteiger partial charge in [-0.1, -0.05) is 24.3 Å². The van der Waals surface area contributed by atoms with E-state index >= 15 is 0 Å². The van der Waals surface area contributed by atoms with Gasteiger partial charge in [-0.3, -0.25) is 0 Å². The third-order valence-electron chi connectivity index (χ3n) is 4.29. The van der Waals surface area contributed by atoms with E-state index in [9.17, 15) is 0 Å². The van der Waals surface area contributed by atoms with Crippen molar-refractivity contribution in [2.75, 3.05) is 19.4 Å². The van der Waals surface area contributed by atoms with E-state index in [1.807, 2.05) is 0 Å². The molecule has 1 aromatic rings. The Balaban J connectivity index is 1.65. The van der Waals surface area contributed by atoms with Crippen LogP contribution in [-0.2, 0) is 11.2 Å². The molecule has 3 heteroatoms. The lowest BCUT2D eigenvalue weighted by Crippen LogP contribution is -2.33. The monoisotopic (exact) mass is 277 g/mol. The number of hydrogen-bond donors (Lipinski definition) is 1. The minimum atomic E-state index is 0.497. The molecule has 1 heterocycles. The van der Waals surface area contributed by atoms with Crippen LogP contribution < -0.4 is 5.32 Å². The third-order valence-corrected chi connectivity index (χ3v) is 5.79. The van der Waals surface area contributed by atoms with Crippen LogP contribution >= 0.6 is 11.8 Å². The molecule has 3 atom stereocenters. The van der Waals surface area contributed by atoms with Crippen molar-refractivity contribution in [3.05, 3.63) is 35.4 Å². The van der Waals surface area contributed by atoms with Crippen molar-refractivity contribution in [2.24, 2.45) is 0 Å². The van der Waals surface area contributed by atoms with Crippen molar-refractivity contribution >= 4 is 11.8 Å². The average molecular weight is 277 g/mol. The van der Waals surface area contributed by atoms with Gasteiger partial charge in [0.25, 0.3) is 0 Å². The number of ether oxygens (including phenoxy) is 1. The van der Waals surface area contributed by atoms with Crippen LogP contribution in [0.2, 0.25) is 0 Å².